The molecule has 1 aromatic rings. The van der Waals surface area contributed by atoms with E-state index in [1.807, 2.05) is 0 Å². The molecule has 1 fully saturated rings. The SMILES string of the molecule is CC(C)C1CN(c2ccccc2)C(C(C)C)CN1. The molecule has 0 saturated carbocycles. The van der Waals surface area contributed by atoms with Gasteiger partial charge < -0.3 is 10.2 Å². The van der Waals surface area contributed by atoms with Gasteiger partial charge in [-0.05, 0) is 24.0 Å². The Morgan fingerprint density at radius 3 is 2.28 bits per heavy atom. The van der Waals surface area contributed by atoms with Crippen molar-refractivity contribution in [2.45, 2.75) is 39.8 Å². The van der Waals surface area contributed by atoms with Gasteiger partial charge in [0, 0.05) is 30.9 Å². The number of benzene rings is 1. The Bertz CT molecular complexity index is 359. The van der Waals surface area contributed by atoms with Gasteiger partial charge in [-0.3, -0.25) is 0 Å². The van der Waals surface area contributed by atoms with Crippen LogP contribution in [0.5, 0.6) is 0 Å². The maximum atomic E-state index is 3.71. The minimum absolute atomic E-state index is 0.597. The highest BCUT2D eigenvalue weighted by Gasteiger charge is 2.30. The largest absolute Gasteiger partial charge is 0.365 e. The van der Waals surface area contributed by atoms with Crippen LogP contribution in [0.25, 0.3) is 0 Å². The normalized spacial score (nSPS) is 24.9. The van der Waals surface area contributed by atoms with E-state index in [9.17, 15) is 0 Å². The van der Waals surface area contributed by atoms with Crippen LogP contribution in [0.3, 0.4) is 0 Å². The van der Waals surface area contributed by atoms with Crippen LogP contribution in [0.1, 0.15) is 27.7 Å². The lowest BCUT2D eigenvalue weighted by molar-refractivity contribution is 0.295. The van der Waals surface area contributed by atoms with Crippen LogP contribution in [-0.4, -0.2) is 25.2 Å². The van der Waals surface area contributed by atoms with Gasteiger partial charge >= 0.3 is 0 Å². The Labute approximate surface area is 111 Å². The summed E-state index contributed by atoms with van der Waals surface area (Å²) in [4.78, 5) is 2.59. The third-order valence-corrected chi connectivity index (χ3v) is 4.05. The molecule has 2 heteroatoms. The summed E-state index contributed by atoms with van der Waals surface area (Å²) < 4.78 is 0. The van der Waals surface area contributed by atoms with Gasteiger partial charge in [-0.1, -0.05) is 45.9 Å². The Morgan fingerprint density at radius 2 is 1.72 bits per heavy atom. The van der Waals surface area contributed by atoms with E-state index >= 15 is 0 Å². The van der Waals surface area contributed by atoms with Crippen LogP contribution < -0.4 is 10.2 Å². The van der Waals surface area contributed by atoms with Crippen molar-refractivity contribution >= 4 is 5.69 Å². The topological polar surface area (TPSA) is 15.3 Å². The zero-order valence-electron chi connectivity index (χ0n) is 12.1. The van der Waals surface area contributed by atoms with Crippen molar-refractivity contribution < 1.29 is 0 Å². The zero-order valence-corrected chi connectivity index (χ0v) is 12.1. The lowest BCUT2D eigenvalue weighted by Crippen LogP contribution is -2.60. The highest BCUT2D eigenvalue weighted by molar-refractivity contribution is 5.48. The summed E-state index contributed by atoms with van der Waals surface area (Å²) >= 11 is 0. The van der Waals surface area contributed by atoms with E-state index in [1.165, 1.54) is 5.69 Å². The molecule has 2 atom stereocenters. The molecule has 1 aromatic carbocycles. The second kappa shape index (κ2) is 5.75. The van der Waals surface area contributed by atoms with Crippen molar-refractivity contribution in [3.05, 3.63) is 30.3 Å². The molecule has 18 heavy (non-hydrogen) atoms. The Morgan fingerprint density at radius 1 is 1.06 bits per heavy atom. The number of rotatable bonds is 3. The Kier molecular flexibility index (Phi) is 4.28. The number of nitrogens with one attached hydrogen (secondary N) is 1. The summed E-state index contributed by atoms with van der Waals surface area (Å²) in [6.07, 6.45) is 0. The first-order valence-corrected chi connectivity index (χ1v) is 7.14. The highest BCUT2D eigenvalue weighted by atomic mass is 15.2. The van der Waals surface area contributed by atoms with Gasteiger partial charge in [0.25, 0.3) is 0 Å². The Hall–Kier alpha value is -1.02. The molecule has 0 spiro atoms. The van der Waals surface area contributed by atoms with E-state index < -0.39 is 0 Å². The molecule has 2 nitrogen and oxygen atoms in total. The summed E-state index contributed by atoms with van der Waals surface area (Å²) in [5.74, 6) is 1.36. The van der Waals surface area contributed by atoms with E-state index in [1.54, 1.807) is 0 Å². The van der Waals surface area contributed by atoms with Gasteiger partial charge in [0.2, 0.25) is 0 Å². The maximum Gasteiger partial charge on any atom is 0.0438 e. The molecule has 1 N–H and O–H groups in total. The highest BCUT2D eigenvalue weighted by Crippen LogP contribution is 2.25. The second-order valence-corrected chi connectivity index (χ2v) is 6.06. The molecule has 2 rings (SSSR count). The van der Waals surface area contributed by atoms with Crippen molar-refractivity contribution in [1.82, 2.24) is 5.32 Å². The van der Waals surface area contributed by atoms with Gasteiger partial charge in [-0.2, -0.15) is 0 Å². The van der Waals surface area contributed by atoms with Crippen molar-refractivity contribution in [1.29, 1.82) is 0 Å². The van der Waals surface area contributed by atoms with E-state index in [0.717, 1.165) is 13.1 Å². The monoisotopic (exact) mass is 246 g/mol. The van der Waals surface area contributed by atoms with E-state index in [0.29, 0.717) is 23.9 Å². The predicted molar refractivity (Wildman–Crippen MR) is 79.0 cm³/mol. The number of nitrogens with zero attached hydrogens (tertiary/aromatic N) is 1. The number of piperazine rings is 1. The molecular formula is C16H26N2. The third kappa shape index (κ3) is 2.86. The van der Waals surface area contributed by atoms with Gasteiger partial charge in [-0.15, -0.1) is 0 Å². The molecule has 1 saturated heterocycles. The fraction of sp³-hybridized carbons (Fsp3) is 0.625. The number of hydrogen-bond donors (Lipinski definition) is 1. The van der Waals surface area contributed by atoms with Crippen LogP contribution in [0.15, 0.2) is 30.3 Å². The molecule has 0 bridgehead atoms. The first-order valence-electron chi connectivity index (χ1n) is 7.14. The van der Waals surface area contributed by atoms with E-state index in [4.69, 9.17) is 0 Å². The molecule has 0 aromatic heterocycles. The van der Waals surface area contributed by atoms with E-state index in [2.05, 4.69) is 68.2 Å². The molecule has 1 aliphatic heterocycles. The quantitative estimate of drug-likeness (QED) is 0.881. The summed E-state index contributed by atoms with van der Waals surface area (Å²) in [6.45, 7) is 11.4. The first kappa shape index (κ1) is 13.4. The predicted octanol–water partition coefficient (Wildman–Crippen LogP) is 3.15. The standard InChI is InChI=1S/C16H26N2/c1-12(2)15-11-18(14-8-6-5-7-9-14)16(10-17-15)13(3)4/h5-9,12-13,15-17H,10-11H2,1-4H3. The molecule has 2 unspecified atom stereocenters. The molecule has 0 radical (unpaired) electrons. The van der Waals surface area contributed by atoms with Crippen LogP contribution in [0.4, 0.5) is 5.69 Å². The summed E-state index contributed by atoms with van der Waals surface area (Å²) in [5.41, 5.74) is 1.36. The second-order valence-electron chi connectivity index (χ2n) is 6.06. The minimum Gasteiger partial charge on any atom is -0.365 e. The van der Waals surface area contributed by atoms with Crippen molar-refractivity contribution in [2.24, 2.45) is 11.8 Å². The van der Waals surface area contributed by atoms with Crippen LogP contribution >= 0.6 is 0 Å². The number of para-hydroxylation sites is 1. The number of anilines is 1. The summed E-state index contributed by atoms with van der Waals surface area (Å²) in [5, 5.41) is 3.71. The molecule has 0 amide bonds. The maximum absolute atomic E-state index is 3.71. The molecule has 0 aliphatic carbocycles. The van der Waals surface area contributed by atoms with Gasteiger partial charge in [0.05, 0.1) is 0 Å². The minimum atomic E-state index is 0.597. The fourth-order valence-corrected chi connectivity index (χ4v) is 2.75. The number of hydrogen-bond acceptors (Lipinski definition) is 2. The van der Waals surface area contributed by atoms with Crippen molar-refractivity contribution in [2.75, 3.05) is 18.0 Å². The van der Waals surface area contributed by atoms with Gasteiger partial charge in [0.1, 0.15) is 0 Å². The summed E-state index contributed by atoms with van der Waals surface area (Å²) in [7, 11) is 0. The van der Waals surface area contributed by atoms with Gasteiger partial charge in [-0.25, -0.2) is 0 Å². The van der Waals surface area contributed by atoms with Crippen LogP contribution in [0, 0.1) is 11.8 Å². The van der Waals surface area contributed by atoms with Crippen molar-refractivity contribution in [3.63, 3.8) is 0 Å². The first-order chi connectivity index (χ1) is 8.59. The third-order valence-electron chi connectivity index (χ3n) is 4.05. The molecule has 100 valence electrons. The fourth-order valence-electron chi connectivity index (χ4n) is 2.75. The summed E-state index contributed by atoms with van der Waals surface area (Å²) in [6, 6.07) is 12.0. The molecular weight excluding hydrogens is 220 g/mol. The van der Waals surface area contributed by atoms with Crippen LogP contribution in [0.2, 0.25) is 0 Å². The van der Waals surface area contributed by atoms with E-state index in [-0.39, 0.29) is 0 Å². The molecule has 1 heterocycles. The molecule has 1 aliphatic rings. The lowest BCUT2D eigenvalue weighted by Gasteiger charge is -2.45. The van der Waals surface area contributed by atoms with Gasteiger partial charge in [0.15, 0.2) is 0 Å². The Balaban J connectivity index is 2.20. The average molecular weight is 246 g/mol. The average Bonchev–Trinajstić information content (AvgIpc) is 2.39. The van der Waals surface area contributed by atoms with Crippen molar-refractivity contribution in [3.8, 4) is 0 Å². The lowest BCUT2D eigenvalue weighted by atomic mass is 9.93. The smallest absolute Gasteiger partial charge is 0.0438 e. The van der Waals surface area contributed by atoms with Crippen LogP contribution in [-0.2, 0) is 0 Å². The zero-order chi connectivity index (χ0) is 13.1.